The molecule has 34 heavy (non-hydrogen) atoms. The third-order valence-electron chi connectivity index (χ3n) is 7.03. The Balaban J connectivity index is 1.38. The number of urea groups is 1. The average molecular weight is 488 g/mol. The highest BCUT2D eigenvalue weighted by Gasteiger charge is 2.54. The molecule has 2 aromatic heterocycles. The Labute approximate surface area is 203 Å². The maximum atomic E-state index is 13.5. The van der Waals surface area contributed by atoms with Gasteiger partial charge in [0.05, 0.1) is 11.2 Å². The van der Waals surface area contributed by atoms with E-state index in [4.69, 9.17) is 4.52 Å². The summed E-state index contributed by atoms with van der Waals surface area (Å²) >= 11 is 1.54. The van der Waals surface area contributed by atoms with Crippen LogP contribution < -0.4 is 5.32 Å². The van der Waals surface area contributed by atoms with Gasteiger partial charge in [-0.2, -0.15) is 0 Å². The van der Waals surface area contributed by atoms with Crippen LogP contribution in [-0.4, -0.2) is 63.0 Å². The average Bonchev–Trinajstić information content (AvgIpc) is 3.51. The summed E-state index contributed by atoms with van der Waals surface area (Å²) in [6.45, 7) is 9.43. The van der Waals surface area contributed by atoms with Gasteiger partial charge in [0.15, 0.2) is 5.69 Å². The van der Waals surface area contributed by atoms with Gasteiger partial charge in [-0.3, -0.25) is 14.5 Å². The van der Waals surface area contributed by atoms with Gasteiger partial charge >= 0.3 is 6.03 Å². The number of nitrogens with one attached hydrogen (secondary N) is 1. The summed E-state index contributed by atoms with van der Waals surface area (Å²) < 4.78 is 5.32. The van der Waals surface area contributed by atoms with E-state index in [1.165, 1.54) is 4.90 Å². The van der Waals surface area contributed by atoms with Gasteiger partial charge in [0, 0.05) is 43.4 Å². The Bertz CT molecular complexity index is 1060. The number of imide groups is 1. The van der Waals surface area contributed by atoms with Crippen molar-refractivity contribution in [2.24, 2.45) is 11.8 Å². The maximum Gasteiger partial charge on any atom is 0.325 e. The van der Waals surface area contributed by atoms with E-state index in [9.17, 15) is 14.4 Å². The number of piperidine rings is 1. The second kappa shape index (κ2) is 9.85. The number of likely N-dealkylation sites (tertiary alicyclic amines) is 1. The number of aryl methyl sites for hydroxylation is 1. The first-order chi connectivity index (χ1) is 16.2. The number of rotatable bonds is 8. The van der Waals surface area contributed by atoms with Gasteiger partial charge in [0.25, 0.3) is 11.8 Å². The van der Waals surface area contributed by atoms with E-state index in [2.05, 4.69) is 29.3 Å². The van der Waals surface area contributed by atoms with Crippen molar-refractivity contribution in [1.82, 2.24) is 25.3 Å². The first kappa shape index (κ1) is 24.4. The van der Waals surface area contributed by atoms with Crippen molar-refractivity contribution < 1.29 is 18.9 Å². The molecule has 0 aromatic carbocycles. The molecule has 2 saturated heterocycles. The fraction of sp³-hybridized carbons (Fsp3) is 0.625. The summed E-state index contributed by atoms with van der Waals surface area (Å²) in [5.41, 5.74) is 2.15. The summed E-state index contributed by atoms with van der Waals surface area (Å²) in [5.74, 6) is 0.808. The number of carbonyl (C=O) groups excluding carboxylic acids is 3. The molecule has 9 nitrogen and oxygen atoms in total. The van der Waals surface area contributed by atoms with Gasteiger partial charge in [-0.25, -0.2) is 9.78 Å². The standard InChI is InChI=1S/C24H33N5O4S/c1-5-24(22(31)29(23(32)26-24)11-8-20-16(4)25-14-34-20)17-6-9-28(10-7-17)21(30)19-13-18(33-27-19)12-15(2)3/h13-15,17H,5-12H2,1-4H3,(H,26,32)/t24-/m0/s1. The zero-order valence-electron chi connectivity index (χ0n) is 20.3. The molecule has 0 unspecified atom stereocenters. The lowest BCUT2D eigenvalue weighted by molar-refractivity contribution is -0.134. The molecule has 1 atom stereocenters. The fourth-order valence-electron chi connectivity index (χ4n) is 5.08. The van der Waals surface area contributed by atoms with Crippen LogP contribution in [0, 0.1) is 18.8 Å². The van der Waals surface area contributed by atoms with Crippen molar-refractivity contribution in [2.45, 2.75) is 65.3 Å². The van der Waals surface area contributed by atoms with Crippen LogP contribution in [0.25, 0.3) is 0 Å². The number of thiazole rings is 1. The molecule has 184 valence electrons. The summed E-state index contributed by atoms with van der Waals surface area (Å²) in [6.07, 6.45) is 3.16. The summed E-state index contributed by atoms with van der Waals surface area (Å²) in [4.78, 5) is 47.6. The largest absolute Gasteiger partial charge is 0.361 e. The molecule has 4 heterocycles. The van der Waals surface area contributed by atoms with Crippen LogP contribution >= 0.6 is 11.3 Å². The van der Waals surface area contributed by atoms with Gasteiger partial charge < -0.3 is 14.7 Å². The van der Waals surface area contributed by atoms with E-state index in [0.717, 1.165) is 17.0 Å². The highest BCUT2D eigenvalue weighted by atomic mass is 32.1. The lowest BCUT2D eigenvalue weighted by Crippen LogP contribution is -2.56. The highest BCUT2D eigenvalue weighted by Crippen LogP contribution is 2.36. The number of hydrogen-bond donors (Lipinski definition) is 1. The molecular weight excluding hydrogens is 454 g/mol. The number of aromatic nitrogens is 2. The molecule has 0 radical (unpaired) electrons. The van der Waals surface area contributed by atoms with E-state index in [1.54, 1.807) is 27.8 Å². The van der Waals surface area contributed by atoms with Crippen molar-refractivity contribution in [2.75, 3.05) is 19.6 Å². The quantitative estimate of drug-likeness (QED) is 0.572. The van der Waals surface area contributed by atoms with Crippen LogP contribution in [0.15, 0.2) is 16.1 Å². The molecule has 2 fully saturated rings. The first-order valence-corrected chi connectivity index (χ1v) is 12.9. The van der Waals surface area contributed by atoms with Crippen molar-refractivity contribution in [3.8, 4) is 0 Å². The minimum absolute atomic E-state index is 0.0260. The van der Waals surface area contributed by atoms with E-state index in [-0.39, 0.29) is 23.8 Å². The van der Waals surface area contributed by atoms with Crippen LogP contribution in [0.1, 0.15) is 66.9 Å². The molecule has 2 aliphatic heterocycles. The zero-order chi connectivity index (χ0) is 24.5. The van der Waals surface area contributed by atoms with Crippen molar-refractivity contribution >= 4 is 29.2 Å². The minimum atomic E-state index is -0.909. The summed E-state index contributed by atoms with van der Waals surface area (Å²) in [5, 5.41) is 6.99. The molecule has 2 aliphatic rings. The molecule has 2 aromatic rings. The predicted octanol–water partition coefficient (Wildman–Crippen LogP) is 3.43. The third kappa shape index (κ3) is 4.60. The number of nitrogens with zero attached hydrogens (tertiary/aromatic N) is 4. The number of carbonyl (C=O) groups is 3. The number of hydrogen-bond acceptors (Lipinski definition) is 7. The highest BCUT2D eigenvalue weighted by molar-refractivity contribution is 7.09. The third-order valence-corrected chi connectivity index (χ3v) is 8.03. The Morgan fingerprint density at radius 2 is 2.06 bits per heavy atom. The Hall–Kier alpha value is -2.75. The Morgan fingerprint density at radius 3 is 2.68 bits per heavy atom. The lowest BCUT2D eigenvalue weighted by Gasteiger charge is -2.40. The first-order valence-electron chi connectivity index (χ1n) is 12.0. The van der Waals surface area contributed by atoms with Crippen LogP contribution in [0.5, 0.6) is 0 Å². The molecule has 4 rings (SSSR count). The van der Waals surface area contributed by atoms with Crippen LogP contribution in [-0.2, 0) is 17.6 Å². The molecule has 1 N–H and O–H groups in total. The van der Waals surface area contributed by atoms with E-state index in [0.29, 0.717) is 62.7 Å². The second-order valence-corrected chi connectivity index (χ2v) is 10.6. The zero-order valence-corrected chi connectivity index (χ0v) is 21.1. The topological polar surface area (TPSA) is 109 Å². The van der Waals surface area contributed by atoms with Crippen LogP contribution in [0.4, 0.5) is 4.79 Å². The molecule has 0 spiro atoms. The Morgan fingerprint density at radius 1 is 1.32 bits per heavy atom. The SMILES string of the molecule is CC[C@@]1(C2CCN(C(=O)c3cc(CC(C)C)on3)CC2)NC(=O)N(CCc2scnc2C)C1=O. The second-order valence-electron chi connectivity index (χ2n) is 9.67. The van der Waals surface area contributed by atoms with E-state index in [1.807, 2.05) is 13.8 Å². The fourth-order valence-corrected chi connectivity index (χ4v) is 5.85. The molecule has 0 bridgehead atoms. The smallest absolute Gasteiger partial charge is 0.325 e. The van der Waals surface area contributed by atoms with Crippen molar-refractivity contribution in [1.29, 1.82) is 0 Å². The van der Waals surface area contributed by atoms with Gasteiger partial charge in [-0.15, -0.1) is 11.3 Å². The summed E-state index contributed by atoms with van der Waals surface area (Å²) in [6, 6.07) is 1.40. The van der Waals surface area contributed by atoms with E-state index >= 15 is 0 Å². The Kier molecular flexibility index (Phi) is 7.06. The molecule has 0 saturated carbocycles. The molecule has 4 amide bonds. The predicted molar refractivity (Wildman–Crippen MR) is 127 cm³/mol. The van der Waals surface area contributed by atoms with Gasteiger partial charge in [0.1, 0.15) is 11.3 Å². The monoisotopic (exact) mass is 487 g/mol. The van der Waals surface area contributed by atoms with Gasteiger partial charge in [-0.1, -0.05) is 25.9 Å². The van der Waals surface area contributed by atoms with Gasteiger partial charge in [0.2, 0.25) is 0 Å². The number of amides is 4. The lowest BCUT2D eigenvalue weighted by atomic mass is 9.75. The van der Waals surface area contributed by atoms with E-state index < -0.39 is 5.54 Å². The van der Waals surface area contributed by atoms with Crippen molar-refractivity contribution in [3.63, 3.8) is 0 Å². The minimum Gasteiger partial charge on any atom is -0.361 e. The summed E-state index contributed by atoms with van der Waals surface area (Å²) in [7, 11) is 0. The van der Waals surface area contributed by atoms with Crippen molar-refractivity contribution in [3.05, 3.63) is 33.6 Å². The molecular formula is C24H33N5O4S. The molecule has 10 heteroatoms. The molecule has 0 aliphatic carbocycles. The van der Waals surface area contributed by atoms with Crippen LogP contribution in [0.2, 0.25) is 0 Å². The normalized spacial score (nSPS) is 21.6. The van der Waals surface area contributed by atoms with Crippen LogP contribution in [0.3, 0.4) is 0 Å². The maximum absolute atomic E-state index is 13.5. The van der Waals surface area contributed by atoms with Gasteiger partial charge in [-0.05, 0) is 38.0 Å².